The van der Waals surface area contributed by atoms with Crippen molar-refractivity contribution in [2.24, 2.45) is 0 Å². The zero-order valence-electron chi connectivity index (χ0n) is 19.8. The normalized spacial score (nSPS) is 14.6. The van der Waals surface area contributed by atoms with E-state index in [2.05, 4.69) is 5.32 Å². The Morgan fingerprint density at radius 2 is 1.59 bits per heavy atom. The van der Waals surface area contributed by atoms with E-state index in [1.165, 1.54) is 6.07 Å². The third-order valence-electron chi connectivity index (χ3n) is 6.64. The van der Waals surface area contributed by atoms with Gasteiger partial charge in [0.05, 0.1) is 16.0 Å². The standard InChI is InChI=1S/C29H23ClFNO4S/c1-17(22-4-2-3-5-23(22)30)36-28(35)32-24-16-25(31)37-26(24)20-8-6-18(7-9-20)19-10-12-21(13-11-19)29(14-15-29)27(33)34/h2-13,16-17H,14-15H2,1H3,(H,32,35)(H,33,34)/t17-/m1/s1. The molecule has 4 aromatic rings. The number of amides is 1. The summed E-state index contributed by atoms with van der Waals surface area (Å²) in [5, 5.41) is 12.2. The molecule has 0 saturated heterocycles. The van der Waals surface area contributed by atoms with E-state index in [1.807, 2.05) is 54.6 Å². The van der Waals surface area contributed by atoms with E-state index in [1.54, 1.807) is 25.1 Å². The molecule has 0 radical (unpaired) electrons. The van der Waals surface area contributed by atoms with Crippen LogP contribution in [0.4, 0.5) is 14.9 Å². The van der Waals surface area contributed by atoms with Crippen molar-refractivity contribution in [3.05, 3.63) is 100 Å². The monoisotopic (exact) mass is 535 g/mol. The van der Waals surface area contributed by atoms with Crippen LogP contribution in [0.25, 0.3) is 21.6 Å². The molecule has 5 nitrogen and oxygen atoms in total. The Hall–Kier alpha value is -3.68. The minimum atomic E-state index is -0.778. The molecule has 3 aromatic carbocycles. The van der Waals surface area contributed by atoms with Gasteiger partial charge in [0, 0.05) is 16.7 Å². The van der Waals surface area contributed by atoms with Crippen LogP contribution < -0.4 is 5.32 Å². The Kier molecular flexibility index (Phi) is 6.75. The summed E-state index contributed by atoms with van der Waals surface area (Å²) in [5.74, 6) is -0.778. The summed E-state index contributed by atoms with van der Waals surface area (Å²) in [6.07, 6.45) is 0.0298. The number of thiophene rings is 1. The molecule has 8 heteroatoms. The number of carboxylic acid groups (broad SMARTS) is 1. The van der Waals surface area contributed by atoms with E-state index < -0.39 is 28.7 Å². The van der Waals surface area contributed by atoms with Crippen LogP contribution in [0.15, 0.2) is 78.9 Å². The van der Waals surface area contributed by atoms with Crippen molar-refractivity contribution in [1.82, 2.24) is 0 Å². The number of carbonyl (C=O) groups excluding carboxylic acids is 1. The minimum Gasteiger partial charge on any atom is -0.481 e. The van der Waals surface area contributed by atoms with Gasteiger partial charge in [0.25, 0.3) is 0 Å². The summed E-state index contributed by atoms with van der Waals surface area (Å²) in [4.78, 5) is 24.7. The van der Waals surface area contributed by atoms with Crippen molar-refractivity contribution < 1.29 is 23.8 Å². The van der Waals surface area contributed by atoms with Gasteiger partial charge in [-0.25, -0.2) is 4.79 Å². The Bertz CT molecular complexity index is 1460. The van der Waals surface area contributed by atoms with E-state index in [4.69, 9.17) is 16.3 Å². The van der Waals surface area contributed by atoms with Gasteiger partial charge in [-0.3, -0.25) is 10.1 Å². The maximum Gasteiger partial charge on any atom is 0.412 e. The van der Waals surface area contributed by atoms with Crippen molar-refractivity contribution in [2.45, 2.75) is 31.3 Å². The van der Waals surface area contributed by atoms with E-state index in [-0.39, 0.29) is 0 Å². The van der Waals surface area contributed by atoms with Crippen LogP contribution in [0.2, 0.25) is 5.02 Å². The predicted molar refractivity (Wildman–Crippen MR) is 144 cm³/mol. The van der Waals surface area contributed by atoms with Crippen molar-refractivity contribution in [3.8, 4) is 21.6 Å². The first-order valence-electron chi connectivity index (χ1n) is 11.7. The topological polar surface area (TPSA) is 75.6 Å². The molecule has 1 aliphatic carbocycles. The number of halogens is 2. The first-order valence-corrected chi connectivity index (χ1v) is 12.9. The molecule has 1 atom stereocenters. The lowest BCUT2D eigenvalue weighted by molar-refractivity contribution is -0.140. The Morgan fingerprint density at radius 1 is 1.00 bits per heavy atom. The zero-order chi connectivity index (χ0) is 26.2. The molecule has 1 aromatic heterocycles. The van der Waals surface area contributed by atoms with Gasteiger partial charge in [0.2, 0.25) is 0 Å². The Morgan fingerprint density at radius 3 is 2.19 bits per heavy atom. The molecular formula is C29H23ClFNO4S. The maximum absolute atomic E-state index is 14.2. The molecule has 188 valence electrons. The highest BCUT2D eigenvalue weighted by Crippen LogP contribution is 2.48. The number of nitrogens with one attached hydrogen (secondary N) is 1. The summed E-state index contributed by atoms with van der Waals surface area (Å²) >= 11 is 7.12. The SMILES string of the molecule is C[C@@H](OC(=O)Nc1cc(F)sc1-c1ccc(-c2ccc(C3(C(=O)O)CC3)cc2)cc1)c1ccccc1Cl. The van der Waals surface area contributed by atoms with E-state index in [0.717, 1.165) is 33.6 Å². The molecule has 1 heterocycles. The summed E-state index contributed by atoms with van der Waals surface area (Å²) in [7, 11) is 0. The maximum atomic E-state index is 14.2. The second-order valence-electron chi connectivity index (χ2n) is 9.03. The molecule has 2 N–H and O–H groups in total. The predicted octanol–water partition coefficient (Wildman–Crippen LogP) is 8.30. The van der Waals surface area contributed by atoms with Crippen LogP contribution >= 0.6 is 22.9 Å². The number of carboxylic acids is 1. The summed E-state index contributed by atoms with van der Waals surface area (Å²) in [5.41, 5.74) is 3.71. The number of benzene rings is 3. The van der Waals surface area contributed by atoms with Crippen molar-refractivity contribution in [2.75, 3.05) is 5.32 Å². The minimum absolute atomic E-state index is 0.319. The number of hydrogen-bond donors (Lipinski definition) is 2. The molecule has 0 unspecified atom stereocenters. The molecule has 0 aliphatic heterocycles. The smallest absolute Gasteiger partial charge is 0.412 e. The largest absolute Gasteiger partial charge is 0.481 e. The van der Waals surface area contributed by atoms with Gasteiger partial charge >= 0.3 is 12.1 Å². The van der Waals surface area contributed by atoms with E-state index >= 15 is 0 Å². The molecule has 1 amide bonds. The summed E-state index contributed by atoms with van der Waals surface area (Å²) in [6.45, 7) is 1.72. The lowest BCUT2D eigenvalue weighted by Crippen LogP contribution is -2.19. The number of anilines is 1. The lowest BCUT2D eigenvalue weighted by atomic mass is 9.93. The van der Waals surface area contributed by atoms with Gasteiger partial charge in [-0.1, -0.05) is 78.3 Å². The first-order chi connectivity index (χ1) is 17.8. The summed E-state index contributed by atoms with van der Waals surface area (Å²) < 4.78 is 19.7. The number of hydrogen-bond acceptors (Lipinski definition) is 4. The number of ether oxygens (including phenoxy) is 1. The molecule has 1 aliphatic rings. The fourth-order valence-corrected chi connectivity index (χ4v) is 5.52. The first kappa shape index (κ1) is 25.0. The second-order valence-corrected chi connectivity index (χ2v) is 10.4. The van der Waals surface area contributed by atoms with Crippen LogP contribution in [-0.4, -0.2) is 17.2 Å². The highest BCUT2D eigenvalue weighted by atomic mass is 35.5. The fourth-order valence-electron chi connectivity index (χ4n) is 4.38. The van der Waals surface area contributed by atoms with E-state index in [0.29, 0.717) is 34.0 Å². The number of aliphatic carboxylic acids is 1. The molecule has 0 bridgehead atoms. The van der Waals surface area contributed by atoms with Gasteiger partial charge in [0.1, 0.15) is 6.10 Å². The number of carbonyl (C=O) groups is 2. The number of rotatable bonds is 7. The van der Waals surface area contributed by atoms with Crippen LogP contribution in [0.3, 0.4) is 0 Å². The van der Waals surface area contributed by atoms with Gasteiger partial charge in [-0.05, 0) is 48.1 Å². The molecule has 37 heavy (non-hydrogen) atoms. The van der Waals surface area contributed by atoms with Gasteiger partial charge in [0.15, 0.2) is 5.13 Å². The van der Waals surface area contributed by atoms with Gasteiger partial charge in [-0.15, -0.1) is 11.3 Å². The summed E-state index contributed by atoms with van der Waals surface area (Å²) in [6, 6.07) is 23.5. The third kappa shape index (κ3) is 5.10. The molecular weight excluding hydrogens is 513 g/mol. The average molecular weight is 536 g/mol. The second kappa shape index (κ2) is 10.00. The molecule has 5 rings (SSSR count). The average Bonchev–Trinajstić information content (AvgIpc) is 3.62. The zero-order valence-corrected chi connectivity index (χ0v) is 21.4. The van der Waals surface area contributed by atoms with Crippen LogP contribution in [0, 0.1) is 5.13 Å². The quantitative estimate of drug-likeness (QED) is 0.249. The van der Waals surface area contributed by atoms with Crippen LogP contribution in [0.1, 0.15) is 37.0 Å². The molecule has 0 spiro atoms. The van der Waals surface area contributed by atoms with Crippen molar-refractivity contribution >= 4 is 40.7 Å². The Balaban J connectivity index is 1.30. The van der Waals surface area contributed by atoms with Crippen LogP contribution in [-0.2, 0) is 14.9 Å². The van der Waals surface area contributed by atoms with Crippen molar-refractivity contribution in [1.29, 1.82) is 0 Å². The highest BCUT2D eigenvalue weighted by molar-refractivity contribution is 7.14. The van der Waals surface area contributed by atoms with Gasteiger partial charge < -0.3 is 9.84 Å². The van der Waals surface area contributed by atoms with Gasteiger partial charge in [-0.2, -0.15) is 4.39 Å². The lowest BCUT2D eigenvalue weighted by Gasteiger charge is -2.15. The fraction of sp³-hybridized carbons (Fsp3) is 0.172. The van der Waals surface area contributed by atoms with Crippen molar-refractivity contribution in [3.63, 3.8) is 0 Å². The van der Waals surface area contributed by atoms with Crippen LogP contribution in [0.5, 0.6) is 0 Å². The Labute approximate surface area is 222 Å². The molecule has 1 saturated carbocycles. The van der Waals surface area contributed by atoms with E-state index in [9.17, 15) is 19.1 Å². The third-order valence-corrected chi connectivity index (χ3v) is 7.96. The molecule has 1 fully saturated rings. The highest BCUT2D eigenvalue weighted by Gasteiger charge is 2.51.